The van der Waals surface area contributed by atoms with Gasteiger partial charge in [-0.15, -0.1) is 0 Å². The molecule has 1 unspecified atom stereocenters. The zero-order valence-corrected chi connectivity index (χ0v) is 81.2. The van der Waals surface area contributed by atoms with E-state index in [1.807, 2.05) is 40.1 Å². The van der Waals surface area contributed by atoms with Gasteiger partial charge in [-0.2, -0.15) is 18.2 Å². The quantitative estimate of drug-likeness (QED) is 0.234. The Morgan fingerprint density at radius 2 is 0.616 bits per heavy atom. The Hall–Kier alpha value is -3.97. The monoisotopic (exact) mass is 1750 g/mol. The highest BCUT2D eigenvalue weighted by Gasteiger charge is 2.55. The van der Waals surface area contributed by atoms with Crippen molar-refractivity contribution >= 4 is 12.0 Å². The highest BCUT2D eigenvalue weighted by molar-refractivity contribution is 5.67. The van der Waals surface area contributed by atoms with Gasteiger partial charge in [0.25, 0.3) is 0 Å². The smallest absolute Gasteiger partial charge is 0.433 e. The first-order valence-electron chi connectivity index (χ1n) is 55.0. The number of ether oxygens (including phenoxy) is 4. The van der Waals surface area contributed by atoms with Crippen molar-refractivity contribution in [1.29, 1.82) is 0 Å². The number of nitrogens with zero attached hydrogens (tertiary/aromatic N) is 4. The molecule has 1 atom stereocenters. The fourth-order valence-electron chi connectivity index (χ4n) is 20.7. The Labute approximate surface area is 767 Å². The van der Waals surface area contributed by atoms with Crippen molar-refractivity contribution in [2.24, 2.45) is 5.41 Å². The molecule has 1 aliphatic carbocycles. The molecule has 6 rings (SSSR count). The number of halogens is 4. The van der Waals surface area contributed by atoms with Gasteiger partial charge in [-0.25, -0.2) is 14.2 Å². The molecule has 9 nitrogen and oxygen atoms in total. The van der Waals surface area contributed by atoms with E-state index in [4.69, 9.17) is 23.9 Å². The number of hydrogen-bond donors (Lipinski definition) is 0. The second-order valence-corrected chi connectivity index (χ2v) is 39.9. The van der Waals surface area contributed by atoms with Crippen molar-refractivity contribution in [2.75, 3.05) is 44.3 Å². The molecular formula is C112H194F4N4O5. The van der Waals surface area contributed by atoms with Gasteiger partial charge in [-0.1, -0.05) is 544 Å². The van der Waals surface area contributed by atoms with E-state index in [0.717, 1.165) is 102 Å². The standard InChI is InChI=1S/C112H194F4N4O5/c113-104-89-85-90-105(99-104)125-107-100-106(112(114,115)116)117-108(118-107)120-96-86-95-119(109(121)122-101-103-87-79-78-80-88-103)94-84-77-73-69-65-61-57-53-49-45-41-37-33-29-25-21-17-13-9-8-11-15-19-23-27-31-35-39-43-47-51-55-59-63-67-71-75-82-92-110(102-120)91-81-74-70-66-62-58-54-50-46-42-38-34-30-26-22-18-14-10-6-4-2-1-3-5-7-12-16-20-24-28-32-36-40-44-48-52-56-60-64-68-72-76-83-93-111(110)123-97-98-124-111/h78-80,85,87-90,99-100H,1-77,81-84,86,91-98,101-102H2. The lowest BCUT2D eigenvalue weighted by Gasteiger charge is -2.50. The molecule has 720 valence electrons. The number of carbonyl (C=O) groups excluding carboxylic acids is 1. The van der Waals surface area contributed by atoms with Crippen LogP contribution in [-0.2, 0) is 27.0 Å². The predicted molar refractivity (Wildman–Crippen MR) is 523 cm³/mol. The fourth-order valence-corrected chi connectivity index (χ4v) is 20.7. The molecular weight excluding hydrogens is 1560 g/mol. The van der Waals surface area contributed by atoms with Crippen LogP contribution in [0.1, 0.15) is 557 Å². The maximum Gasteiger partial charge on any atom is 0.433 e. The van der Waals surface area contributed by atoms with Crippen molar-refractivity contribution in [3.05, 3.63) is 77.7 Å². The van der Waals surface area contributed by atoms with Crippen molar-refractivity contribution in [1.82, 2.24) is 14.9 Å². The molecule has 1 saturated carbocycles. The van der Waals surface area contributed by atoms with Crippen LogP contribution in [0.3, 0.4) is 0 Å². The number of carbonyl (C=O) groups is 1. The minimum Gasteiger partial charge on any atom is -0.445 e. The molecule has 1 aromatic heterocycles. The van der Waals surface area contributed by atoms with Crippen LogP contribution in [0.25, 0.3) is 0 Å². The summed E-state index contributed by atoms with van der Waals surface area (Å²) < 4.78 is 89.0. The van der Waals surface area contributed by atoms with Crippen molar-refractivity contribution < 1.29 is 41.3 Å². The lowest BCUT2D eigenvalue weighted by molar-refractivity contribution is -0.246. The zero-order valence-electron chi connectivity index (χ0n) is 81.2. The number of anilines is 1. The zero-order chi connectivity index (χ0) is 88.1. The van der Waals surface area contributed by atoms with E-state index in [-0.39, 0.29) is 37.3 Å². The molecule has 13 heteroatoms. The fraction of sp³-hybridized carbons (Fsp3) is 0.848. The topological polar surface area (TPSA) is 86.2 Å². The molecule has 2 saturated heterocycles. The predicted octanol–water partition coefficient (Wildman–Crippen LogP) is 37.8. The Kier molecular flexibility index (Phi) is 67.2. The van der Waals surface area contributed by atoms with Gasteiger partial charge in [0.15, 0.2) is 11.5 Å². The second-order valence-electron chi connectivity index (χ2n) is 39.9. The van der Waals surface area contributed by atoms with Gasteiger partial charge in [-0.3, -0.25) is 0 Å². The molecule has 3 aliphatic rings. The highest BCUT2D eigenvalue weighted by atomic mass is 19.4. The summed E-state index contributed by atoms with van der Waals surface area (Å²) in [7, 11) is 0. The molecule has 0 N–H and O–H groups in total. The first kappa shape index (κ1) is 110. The third-order valence-corrected chi connectivity index (χ3v) is 28.7. The van der Waals surface area contributed by atoms with E-state index in [2.05, 4.69) is 4.98 Å². The van der Waals surface area contributed by atoms with Crippen LogP contribution >= 0.6 is 0 Å². The van der Waals surface area contributed by atoms with Crippen LogP contribution in [-0.4, -0.2) is 66.1 Å². The lowest BCUT2D eigenvalue weighted by Crippen LogP contribution is -2.56. The van der Waals surface area contributed by atoms with E-state index in [1.54, 1.807) is 0 Å². The molecule has 2 aromatic carbocycles. The summed E-state index contributed by atoms with van der Waals surface area (Å²) in [6, 6.07) is 16.2. The average Bonchev–Trinajstić information content (AvgIpc) is 1.70. The summed E-state index contributed by atoms with van der Waals surface area (Å²) in [4.78, 5) is 27.9. The van der Waals surface area contributed by atoms with Crippen LogP contribution in [0, 0.1) is 11.2 Å². The summed E-state index contributed by atoms with van der Waals surface area (Å²) in [5.41, 5.74) is -0.915. The number of fused-ring (bicyclic) bond motifs is 1. The second kappa shape index (κ2) is 76.6. The van der Waals surface area contributed by atoms with Gasteiger partial charge in [0.05, 0.1) is 13.2 Å². The minimum absolute atomic E-state index is 0.0424. The van der Waals surface area contributed by atoms with Crippen molar-refractivity contribution in [2.45, 2.75) is 564 Å². The van der Waals surface area contributed by atoms with Crippen LogP contribution in [0.4, 0.5) is 28.3 Å². The van der Waals surface area contributed by atoms with Crippen LogP contribution in [0.15, 0.2) is 60.7 Å². The van der Waals surface area contributed by atoms with E-state index in [1.165, 1.54) is 467 Å². The van der Waals surface area contributed by atoms with E-state index < -0.39 is 35.0 Å². The van der Waals surface area contributed by atoms with Gasteiger partial charge in [0, 0.05) is 50.1 Å². The summed E-state index contributed by atoms with van der Waals surface area (Å²) in [5.74, 6) is -1.95. The third-order valence-electron chi connectivity index (χ3n) is 28.7. The number of benzene rings is 2. The molecule has 0 radical (unpaired) electrons. The van der Waals surface area contributed by atoms with E-state index in [9.17, 15) is 9.18 Å². The molecule has 2 spiro atoms. The maximum absolute atomic E-state index is 15.7. The van der Waals surface area contributed by atoms with Crippen LogP contribution < -0.4 is 9.64 Å². The van der Waals surface area contributed by atoms with Crippen molar-refractivity contribution in [3.63, 3.8) is 0 Å². The van der Waals surface area contributed by atoms with Gasteiger partial charge in [-0.05, 0) is 49.8 Å². The largest absolute Gasteiger partial charge is 0.445 e. The first-order chi connectivity index (χ1) is 61.6. The number of amides is 1. The number of hydrogen-bond acceptors (Lipinski definition) is 8. The summed E-state index contributed by atoms with van der Waals surface area (Å²) in [5, 5.41) is 0. The van der Waals surface area contributed by atoms with Crippen LogP contribution in [0.2, 0.25) is 0 Å². The molecule has 2 aliphatic heterocycles. The summed E-state index contributed by atoms with van der Waals surface area (Å²) in [6.45, 7) is 2.39. The first-order valence-corrected chi connectivity index (χ1v) is 55.0. The maximum atomic E-state index is 15.7. The Morgan fingerprint density at radius 1 is 0.328 bits per heavy atom. The minimum atomic E-state index is -4.86. The Bertz CT molecular complexity index is 2860. The average molecular weight is 1750 g/mol. The lowest BCUT2D eigenvalue weighted by atomic mass is 9.68. The van der Waals surface area contributed by atoms with Gasteiger partial charge >= 0.3 is 12.3 Å². The summed E-state index contributed by atoms with van der Waals surface area (Å²) >= 11 is 0. The van der Waals surface area contributed by atoms with Gasteiger partial charge in [0.2, 0.25) is 11.8 Å². The molecule has 125 heavy (non-hydrogen) atoms. The molecule has 3 heterocycles. The van der Waals surface area contributed by atoms with Crippen LogP contribution in [0.5, 0.6) is 11.6 Å². The highest BCUT2D eigenvalue weighted by Crippen LogP contribution is 2.51. The SMILES string of the molecule is O=C(OCc1ccccc1)N1CCCCCCCCCCCCCCCCCCCCCCCCCCCCCCCCCCCCCCCCC2(CCCCCCCCCCCCCCCCCCCCCCCCCCCCCCCCCCCCCCCCCCCCCC23OCCO3)CN(c2nc(Oc3cccc(F)c3)cc(C(F)(F)F)n2)CCC1. The molecule has 3 fully saturated rings. The number of aromatic nitrogens is 2. The normalized spacial score (nSPS) is 23.2. The number of rotatable bonds is 5. The van der Waals surface area contributed by atoms with E-state index in [0.29, 0.717) is 39.1 Å². The van der Waals surface area contributed by atoms with E-state index >= 15 is 13.2 Å². The Balaban J connectivity index is 1.23. The molecule has 3 aromatic rings. The molecule has 1 amide bonds. The molecule has 0 bridgehead atoms. The van der Waals surface area contributed by atoms with Gasteiger partial charge < -0.3 is 28.7 Å². The van der Waals surface area contributed by atoms with Crippen molar-refractivity contribution in [3.8, 4) is 11.6 Å². The number of alkyl halides is 3. The summed E-state index contributed by atoms with van der Waals surface area (Å²) in [6.07, 6.45) is 104. The van der Waals surface area contributed by atoms with Gasteiger partial charge in [0.1, 0.15) is 18.2 Å². The Morgan fingerprint density at radius 3 is 0.920 bits per heavy atom. The third kappa shape index (κ3) is 56.5.